The van der Waals surface area contributed by atoms with Crippen LogP contribution in [0, 0.1) is 0 Å². The molecule has 3 aromatic carbocycles. The lowest BCUT2D eigenvalue weighted by Gasteiger charge is -2.37. The minimum Gasteiger partial charge on any atom is -0.480 e. The summed E-state index contributed by atoms with van der Waals surface area (Å²) in [4.78, 5) is 47.6. The third-order valence-electron chi connectivity index (χ3n) is 7.98. The SMILES string of the molecule is N[C@@H](Cc1c[nH]c2ccccc12)C(=O)N1Cc2ccccc2C[C@H]1C(=O)N[C@@H](Cc1c[nH]c2ccccc12)C(=O)O. The molecule has 0 saturated carbocycles. The van der Waals surface area contributed by atoms with E-state index in [2.05, 4.69) is 15.3 Å². The standard InChI is InChI=1S/C32H31N5O4/c33-25(13-21-16-34-26-11-5-3-9-23(21)26)31(39)37-18-20-8-2-1-7-19(20)15-29(37)30(38)36-28(32(40)41)14-22-17-35-27-12-6-4-10-24(22)27/h1-12,16-17,25,28-29,34-35H,13-15,18,33H2,(H,36,38)(H,40,41)/t25-,28-,29-/m0/s1. The second kappa shape index (κ2) is 10.9. The summed E-state index contributed by atoms with van der Waals surface area (Å²) >= 11 is 0. The van der Waals surface area contributed by atoms with Crippen LogP contribution < -0.4 is 11.1 Å². The highest BCUT2D eigenvalue weighted by atomic mass is 16.4. The van der Waals surface area contributed by atoms with E-state index in [9.17, 15) is 19.5 Å². The zero-order chi connectivity index (χ0) is 28.5. The lowest BCUT2D eigenvalue weighted by molar-refractivity contribution is -0.146. The van der Waals surface area contributed by atoms with E-state index in [0.717, 1.165) is 44.1 Å². The number of rotatable bonds is 8. The molecule has 0 radical (unpaired) electrons. The van der Waals surface area contributed by atoms with E-state index in [1.165, 1.54) is 4.90 Å². The fourth-order valence-corrected chi connectivity index (χ4v) is 5.81. The van der Waals surface area contributed by atoms with Crippen LogP contribution in [0.25, 0.3) is 21.8 Å². The van der Waals surface area contributed by atoms with Crippen LogP contribution in [0.4, 0.5) is 0 Å². The van der Waals surface area contributed by atoms with Crippen molar-refractivity contribution in [1.82, 2.24) is 20.2 Å². The molecule has 1 aliphatic rings. The van der Waals surface area contributed by atoms with Crippen molar-refractivity contribution in [2.75, 3.05) is 0 Å². The fraction of sp³-hybridized carbons (Fsp3) is 0.219. The number of fused-ring (bicyclic) bond motifs is 3. The third kappa shape index (κ3) is 5.19. The predicted octanol–water partition coefficient (Wildman–Crippen LogP) is 3.28. The molecular weight excluding hydrogens is 518 g/mol. The van der Waals surface area contributed by atoms with Crippen LogP contribution in [-0.4, -0.2) is 55.9 Å². The van der Waals surface area contributed by atoms with Gasteiger partial charge < -0.3 is 31.0 Å². The van der Waals surface area contributed by atoms with Gasteiger partial charge in [-0.05, 0) is 40.8 Å². The minimum absolute atomic E-state index is 0.0996. The van der Waals surface area contributed by atoms with Gasteiger partial charge in [0.2, 0.25) is 11.8 Å². The van der Waals surface area contributed by atoms with Gasteiger partial charge >= 0.3 is 5.97 Å². The molecule has 2 amide bonds. The summed E-state index contributed by atoms with van der Waals surface area (Å²) in [6.45, 7) is 0.217. The molecule has 2 aromatic heterocycles. The monoisotopic (exact) mass is 549 g/mol. The van der Waals surface area contributed by atoms with Gasteiger partial charge in [0.1, 0.15) is 12.1 Å². The van der Waals surface area contributed by atoms with Crippen LogP contribution >= 0.6 is 0 Å². The van der Waals surface area contributed by atoms with Crippen molar-refractivity contribution in [3.05, 3.63) is 107 Å². The smallest absolute Gasteiger partial charge is 0.326 e. The van der Waals surface area contributed by atoms with Crippen molar-refractivity contribution >= 4 is 39.6 Å². The zero-order valence-electron chi connectivity index (χ0n) is 22.3. The summed E-state index contributed by atoms with van der Waals surface area (Å²) in [7, 11) is 0. The van der Waals surface area contributed by atoms with Crippen LogP contribution in [0.2, 0.25) is 0 Å². The van der Waals surface area contributed by atoms with Crippen molar-refractivity contribution in [1.29, 1.82) is 0 Å². The maximum Gasteiger partial charge on any atom is 0.326 e. The van der Waals surface area contributed by atoms with E-state index in [-0.39, 0.29) is 25.3 Å². The molecule has 1 aliphatic heterocycles. The molecule has 3 heterocycles. The Balaban J connectivity index is 1.24. The first kappa shape index (κ1) is 26.3. The van der Waals surface area contributed by atoms with Gasteiger partial charge in [0.25, 0.3) is 0 Å². The average molecular weight is 550 g/mol. The van der Waals surface area contributed by atoms with Crippen LogP contribution in [0.5, 0.6) is 0 Å². The number of aliphatic carboxylic acids is 1. The quantitative estimate of drug-likeness (QED) is 0.202. The van der Waals surface area contributed by atoms with E-state index >= 15 is 0 Å². The van der Waals surface area contributed by atoms with E-state index in [1.54, 1.807) is 6.20 Å². The topological polar surface area (TPSA) is 144 Å². The number of nitrogens with two attached hydrogens (primary N) is 1. The number of carboxylic acid groups (broad SMARTS) is 1. The summed E-state index contributed by atoms with van der Waals surface area (Å²) < 4.78 is 0. The van der Waals surface area contributed by atoms with Crippen molar-refractivity contribution in [3.63, 3.8) is 0 Å². The largest absolute Gasteiger partial charge is 0.480 e. The number of benzene rings is 3. The number of carboxylic acids is 1. The van der Waals surface area contributed by atoms with Gasteiger partial charge in [-0.3, -0.25) is 9.59 Å². The first-order chi connectivity index (χ1) is 19.9. The number of carbonyl (C=O) groups is 3. The van der Waals surface area contributed by atoms with Crippen LogP contribution in [0.1, 0.15) is 22.3 Å². The summed E-state index contributed by atoms with van der Waals surface area (Å²) in [6.07, 6.45) is 4.29. The molecule has 6 rings (SSSR count). The Hall–Kier alpha value is -4.89. The number of carbonyl (C=O) groups excluding carboxylic acids is 2. The van der Waals surface area contributed by atoms with Crippen LogP contribution in [0.15, 0.2) is 85.2 Å². The molecule has 0 bridgehead atoms. The van der Waals surface area contributed by atoms with Gasteiger partial charge in [-0.1, -0.05) is 60.7 Å². The highest BCUT2D eigenvalue weighted by Crippen LogP contribution is 2.26. The van der Waals surface area contributed by atoms with E-state index < -0.39 is 30.0 Å². The van der Waals surface area contributed by atoms with Crippen LogP contribution in [-0.2, 0) is 40.2 Å². The van der Waals surface area contributed by atoms with Crippen molar-refractivity contribution in [2.45, 2.75) is 43.9 Å². The molecule has 41 heavy (non-hydrogen) atoms. The Morgan fingerprint density at radius 2 is 1.41 bits per heavy atom. The molecule has 208 valence electrons. The Labute approximate surface area is 236 Å². The number of para-hydroxylation sites is 2. The number of aromatic nitrogens is 2. The first-order valence-electron chi connectivity index (χ1n) is 13.6. The highest BCUT2D eigenvalue weighted by molar-refractivity contribution is 5.93. The maximum atomic E-state index is 13.8. The number of amides is 2. The number of aromatic amines is 2. The minimum atomic E-state index is -1.17. The average Bonchev–Trinajstić information content (AvgIpc) is 3.59. The number of H-pyrrole nitrogens is 2. The lowest BCUT2D eigenvalue weighted by atomic mass is 9.92. The van der Waals surface area contributed by atoms with E-state index in [4.69, 9.17) is 5.73 Å². The Kier molecular flexibility index (Phi) is 7.03. The molecule has 6 N–H and O–H groups in total. The molecule has 0 fully saturated rings. The second-order valence-corrected chi connectivity index (χ2v) is 10.6. The normalized spacial score (nSPS) is 16.3. The number of hydrogen-bond acceptors (Lipinski definition) is 4. The van der Waals surface area contributed by atoms with Gasteiger partial charge in [-0.25, -0.2) is 4.79 Å². The molecule has 5 aromatic rings. The first-order valence-corrected chi connectivity index (χ1v) is 13.6. The molecule has 0 unspecified atom stereocenters. The second-order valence-electron chi connectivity index (χ2n) is 10.6. The molecule has 0 aliphatic carbocycles. The van der Waals surface area contributed by atoms with Crippen molar-refractivity contribution in [2.24, 2.45) is 5.73 Å². The fourth-order valence-electron chi connectivity index (χ4n) is 5.81. The van der Waals surface area contributed by atoms with Gasteiger partial charge in [0.05, 0.1) is 6.04 Å². The van der Waals surface area contributed by atoms with E-state index in [1.807, 2.05) is 79.0 Å². The van der Waals surface area contributed by atoms with Gasteiger partial charge in [-0.15, -0.1) is 0 Å². The van der Waals surface area contributed by atoms with Gasteiger partial charge in [0, 0.05) is 53.6 Å². The maximum absolute atomic E-state index is 13.8. The zero-order valence-corrected chi connectivity index (χ0v) is 22.3. The van der Waals surface area contributed by atoms with Gasteiger partial charge in [0.15, 0.2) is 0 Å². The molecule has 0 spiro atoms. The van der Waals surface area contributed by atoms with Crippen LogP contribution in [0.3, 0.4) is 0 Å². The number of nitrogens with zero attached hydrogens (tertiary/aromatic N) is 1. The summed E-state index contributed by atoms with van der Waals surface area (Å²) in [5.74, 6) is -2.01. The Morgan fingerprint density at radius 3 is 2.05 bits per heavy atom. The number of hydrogen-bond donors (Lipinski definition) is 5. The third-order valence-corrected chi connectivity index (χ3v) is 7.98. The highest BCUT2D eigenvalue weighted by Gasteiger charge is 2.38. The van der Waals surface area contributed by atoms with E-state index in [0.29, 0.717) is 6.42 Å². The Morgan fingerprint density at radius 1 is 0.854 bits per heavy atom. The predicted molar refractivity (Wildman–Crippen MR) is 156 cm³/mol. The molecule has 3 atom stereocenters. The summed E-state index contributed by atoms with van der Waals surface area (Å²) in [5, 5.41) is 14.6. The Bertz CT molecular complexity index is 1760. The molecule has 0 saturated heterocycles. The molecule has 9 nitrogen and oxygen atoms in total. The van der Waals surface area contributed by atoms with Crippen molar-refractivity contribution < 1.29 is 19.5 Å². The molecule has 9 heteroatoms. The molecular formula is C32H31N5O4. The van der Waals surface area contributed by atoms with Crippen molar-refractivity contribution in [3.8, 4) is 0 Å². The van der Waals surface area contributed by atoms with Gasteiger partial charge in [-0.2, -0.15) is 0 Å². The number of nitrogens with one attached hydrogen (secondary N) is 3. The lowest BCUT2D eigenvalue weighted by Crippen LogP contribution is -2.58. The summed E-state index contributed by atoms with van der Waals surface area (Å²) in [6, 6.07) is 20.1. The summed E-state index contributed by atoms with van der Waals surface area (Å²) in [5.41, 5.74) is 11.9.